The van der Waals surface area contributed by atoms with Gasteiger partial charge >= 0.3 is 6.03 Å². The maximum Gasteiger partial charge on any atom is 0.323 e. The number of aromatic amines is 1. The number of rotatable bonds is 3. The van der Waals surface area contributed by atoms with E-state index in [1.54, 1.807) is 30.5 Å². The summed E-state index contributed by atoms with van der Waals surface area (Å²) in [4.78, 5) is 12.1. The summed E-state index contributed by atoms with van der Waals surface area (Å²) in [6, 6.07) is 14.2. The molecule has 6 heteroatoms. The second kappa shape index (κ2) is 6.54. The lowest BCUT2D eigenvalue weighted by molar-refractivity contribution is 0.262. The van der Waals surface area contributed by atoms with Gasteiger partial charge in [0.05, 0.1) is 5.69 Å². The lowest BCUT2D eigenvalue weighted by Crippen LogP contribution is -2.19. The van der Waals surface area contributed by atoms with E-state index in [0.29, 0.717) is 16.4 Å². The minimum Gasteiger partial charge on any atom is -0.308 e. The smallest absolute Gasteiger partial charge is 0.308 e. The summed E-state index contributed by atoms with van der Waals surface area (Å²) in [5, 5.41) is 13.1. The van der Waals surface area contributed by atoms with Crippen molar-refractivity contribution in [1.82, 2.24) is 10.2 Å². The van der Waals surface area contributed by atoms with Crippen molar-refractivity contribution in [2.45, 2.75) is 6.92 Å². The molecule has 0 aliphatic heterocycles. The Kier molecular flexibility index (Phi) is 4.30. The molecule has 0 bridgehead atoms. The van der Waals surface area contributed by atoms with Crippen molar-refractivity contribution in [2.24, 2.45) is 0 Å². The molecular formula is C17H15ClN4O. The van der Waals surface area contributed by atoms with Crippen LogP contribution < -0.4 is 10.6 Å². The van der Waals surface area contributed by atoms with Crippen LogP contribution in [0.1, 0.15) is 5.56 Å². The molecular weight excluding hydrogens is 312 g/mol. The van der Waals surface area contributed by atoms with E-state index in [1.807, 2.05) is 31.2 Å². The molecule has 5 nitrogen and oxygen atoms in total. The summed E-state index contributed by atoms with van der Waals surface area (Å²) in [5.41, 5.74) is 4.37. The fraction of sp³-hybridized carbons (Fsp3) is 0.0588. The summed E-state index contributed by atoms with van der Waals surface area (Å²) < 4.78 is 0. The van der Waals surface area contributed by atoms with E-state index in [0.717, 1.165) is 16.8 Å². The number of nitrogens with zero attached hydrogens (tertiary/aromatic N) is 1. The van der Waals surface area contributed by atoms with Gasteiger partial charge in [-0.3, -0.25) is 5.10 Å². The first kappa shape index (κ1) is 15.1. The number of H-pyrrole nitrogens is 1. The van der Waals surface area contributed by atoms with Crippen LogP contribution in [-0.4, -0.2) is 16.2 Å². The molecule has 0 saturated carbocycles. The molecule has 3 N–H and O–H groups in total. The van der Waals surface area contributed by atoms with Gasteiger partial charge in [-0.25, -0.2) is 4.79 Å². The van der Waals surface area contributed by atoms with Crippen molar-refractivity contribution in [3.05, 3.63) is 65.3 Å². The van der Waals surface area contributed by atoms with Crippen LogP contribution in [-0.2, 0) is 0 Å². The number of halogens is 1. The molecule has 0 unspecified atom stereocenters. The zero-order chi connectivity index (χ0) is 16.2. The molecule has 3 rings (SSSR count). The summed E-state index contributed by atoms with van der Waals surface area (Å²) in [6.45, 7) is 2.01. The number of amides is 2. The maximum atomic E-state index is 12.1. The average Bonchev–Trinajstić information content (AvgIpc) is 3.06. The number of benzene rings is 2. The number of nitrogens with one attached hydrogen (secondary N) is 3. The van der Waals surface area contributed by atoms with Gasteiger partial charge in [-0.05, 0) is 55.0 Å². The monoisotopic (exact) mass is 326 g/mol. The molecule has 0 spiro atoms. The van der Waals surface area contributed by atoms with Crippen molar-refractivity contribution in [1.29, 1.82) is 0 Å². The molecule has 1 aromatic heterocycles. The Morgan fingerprint density at radius 2 is 1.74 bits per heavy atom. The fourth-order valence-corrected chi connectivity index (χ4v) is 2.35. The summed E-state index contributed by atoms with van der Waals surface area (Å²) in [6.07, 6.45) is 1.70. The van der Waals surface area contributed by atoms with E-state index < -0.39 is 0 Å². The Labute approximate surface area is 138 Å². The van der Waals surface area contributed by atoms with Crippen molar-refractivity contribution in [3.63, 3.8) is 0 Å². The van der Waals surface area contributed by atoms with E-state index in [4.69, 9.17) is 11.6 Å². The van der Waals surface area contributed by atoms with E-state index in [1.165, 1.54) is 0 Å². The van der Waals surface area contributed by atoms with Crippen LogP contribution >= 0.6 is 11.6 Å². The maximum absolute atomic E-state index is 12.1. The van der Waals surface area contributed by atoms with Gasteiger partial charge in [-0.15, -0.1) is 0 Å². The standard InChI is InChI=1S/C17H15ClN4O/c1-11-2-5-14(10-15(11)16-8-9-19-22-16)21-17(23)20-13-6-3-12(18)4-7-13/h2-10H,1H3,(H,19,22)(H2,20,21,23). The highest BCUT2D eigenvalue weighted by Crippen LogP contribution is 2.25. The van der Waals surface area contributed by atoms with E-state index in [-0.39, 0.29) is 6.03 Å². The van der Waals surface area contributed by atoms with Crippen molar-refractivity contribution >= 4 is 29.0 Å². The molecule has 23 heavy (non-hydrogen) atoms. The van der Waals surface area contributed by atoms with Crippen LogP contribution in [0.4, 0.5) is 16.2 Å². The number of aromatic nitrogens is 2. The molecule has 2 aromatic carbocycles. The first-order chi connectivity index (χ1) is 11.1. The predicted octanol–water partition coefficient (Wildman–Crippen LogP) is 4.68. The lowest BCUT2D eigenvalue weighted by Gasteiger charge is -2.10. The van der Waals surface area contributed by atoms with Crippen LogP contribution in [0.25, 0.3) is 11.3 Å². The first-order valence-electron chi connectivity index (χ1n) is 7.06. The van der Waals surface area contributed by atoms with Gasteiger partial charge in [0.2, 0.25) is 0 Å². The van der Waals surface area contributed by atoms with Crippen LogP contribution in [0.3, 0.4) is 0 Å². The number of hydrogen-bond acceptors (Lipinski definition) is 2. The number of anilines is 2. The van der Waals surface area contributed by atoms with Crippen LogP contribution in [0, 0.1) is 6.92 Å². The number of carbonyl (C=O) groups excluding carboxylic acids is 1. The van der Waals surface area contributed by atoms with Crippen LogP contribution in [0.2, 0.25) is 5.02 Å². The number of hydrogen-bond donors (Lipinski definition) is 3. The molecule has 0 fully saturated rings. The van der Waals surface area contributed by atoms with E-state index in [9.17, 15) is 4.79 Å². The van der Waals surface area contributed by atoms with Crippen molar-refractivity contribution in [2.75, 3.05) is 10.6 Å². The summed E-state index contributed by atoms with van der Waals surface area (Å²) >= 11 is 5.82. The fourth-order valence-electron chi connectivity index (χ4n) is 2.22. The highest BCUT2D eigenvalue weighted by molar-refractivity contribution is 6.30. The summed E-state index contributed by atoms with van der Waals surface area (Å²) in [7, 11) is 0. The molecule has 2 amide bonds. The van der Waals surface area contributed by atoms with Gasteiger partial charge in [0.25, 0.3) is 0 Å². The Balaban J connectivity index is 1.74. The zero-order valence-corrected chi connectivity index (χ0v) is 13.2. The summed E-state index contributed by atoms with van der Waals surface area (Å²) in [5.74, 6) is 0. The van der Waals surface area contributed by atoms with Crippen LogP contribution in [0.15, 0.2) is 54.7 Å². The highest BCUT2D eigenvalue weighted by atomic mass is 35.5. The third kappa shape index (κ3) is 3.70. The van der Waals surface area contributed by atoms with Gasteiger partial charge in [0.15, 0.2) is 0 Å². The Morgan fingerprint density at radius 1 is 1.04 bits per heavy atom. The third-order valence-corrected chi connectivity index (χ3v) is 3.64. The quantitative estimate of drug-likeness (QED) is 0.654. The largest absolute Gasteiger partial charge is 0.323 e. The van der Waals surface area contributed by atoms with Crippen molar-refractivity contribution in [3.8, 4) is 11.3 Å². The molecule has 0 atom stereocenters. The number of urea groups is 1. The second-order valence-electron chi connectivity index (χ2n) is 5.09. The Bertz CT molecular complexity index is 813. The Hall–Kier alpha value is -2.79. The number of aryl methyl sites for hydroxylation is 1. The molecule has 3 aromatic rings. The molecule has 0 aliphatic carbocycles. The Morgan fingerprint density at radius 3 is 2.43 bits per heavy atom. The molecule has 0 aliphatic rings. The average molecular weight is 327 g/mol. The first-order valence-corrected chi connectivity index (χ1v) is 7.43. The normalized spacial score (nSPS) is 10.3. The van der Waals surface area contributed by atoms with Gasteiger partial charge in [-0.1, -0.05) is 17.7 Å². The number of carbonyl (C=O) groups is 1. The predicted molar refractivity (Wildman–Crippen MR) is 92.9 cm³/mol. The van der Waals surface area contributed by atoms with Gasteiger partial charge < -0.3 is 10.6 Å². The topological polar surface area (TPSA) is 69.8 Å². The minimum absolute atomic E-state index is 0.313. The van der Waals surface area contributed by atoms with Crippen LogP contribution in [0.5, 0.6) is 0 Å². The van der Waals surface area contributed by atoms with E-state index >= 15 is 0 Å². The van der Waals surface area contributed by atoms with E-state index in [2.05, 4.69) is 20.8 Å². The SMILES string of the molecule is Cc1ccc(NC(=O)Nc2ccc(Cl)cc2)cc1-c1ccn[nH]1. The zero-order valence-electron chi connectivity index (χ0n) is 12.4. The van der Waals surface area contributed by atoms with Gasteiger partial charge in [0.1, 0.15) is 0 Å². The molecule has 0 saturated heterocycles. The van der Waals surface area contributed by atoms with Gasteiger partial charge in [0, 0.05) is 28.2 Å². The molecule has 1 heterocycles. The minimum atomic E-state index is -0.313. The molecule has 116 valence electrons. The lowest BCUT2D eigenvalue weighted by atomic mass is 10.1. The van der Waals surface area contributed by atoms with Gasteiger partial charge in [-0.2, -0.15) is 5.10 Å². The second-order valence-corrected chi connectivity index (χ2v) is 5.52. The third-order valence-electron chi connectivity index (χ3n) is 3.39. The van der Waals surface area contributed by atoms with Crippen molar-refractivity contribution < 1.29 is 4.79 Å². The highest BCUT2D eigenvalue weighted by Gasteiger charge is 2.07. The molecule has 0 radical (unpaired) electrons.